The van der Waals surface area contributed by atoms with Gasteiger partial charge in [0, 0.05) is 18.7 Å². The Morgan fingerprint density at radius 1 is 1.47 bits per heavy atom. The SMILES string of the molecule is CCc1cc(CC(C)(CC)C(=O)O)n(CC)n1. The molecule has 0 saturated carbocycles. The molecule has 0 aliphatic heterocycles. The first-order valence-corrected chi connectivity index (χ1v) is 6.25. The van der Waals surface area contributed by atoms with E-state index in [-0.39, 0.29) is 0 Å². The maximum absolute atomic E-state index is 11.3. The Labute approximate surface area is 103 Å². The van der Waals surface area contributed by atoms with E-state index in [0.29, 0.717) is 12.8 Å². The van der Waals surface area contributed by atoms with E-state index in [0.717, 1.165) is 24.4 Å². The lowest BCUT2D eigenvalue weighted by molar-refractivity contribution is -0.148. The average Bonchev–Trinajstić information content (AvgIpc) is 2.70. The third kappa shape index (κ3) is 2.87. The fraction of sp³-hybridized carbons (Fsp3) is 0.692. The second kappa shape index (κ2) is 5.34. The van der Waals surface area contributed by atoms with E-state index < -0.39 is 11.4 Å². The first-order valence-electron chi connectivity index (χ1n) is 6.25. The first-order chi connectivity index (χ1) is 7.96. The van der Waals surface area contributed by atoms with Crippen molar-refractivity contribution in [2.75, 3.05) is 0 Å². The highest BCUT2D eigenvalue weighted by molar-refractivity contribution is 5.74. The molecule has 17 heavy (non-hydrogen) atoms. The number of aryl methyl sites for hydroxylation is 2. The molecule has 0 aromatic carbocycles. The molecule has 1 rings (SSSR count). The third-order valence-electron chi connectivity index (χ3n) is 3.44. The van der Waals surface area contributed by atoms with Crippen molar-refractivity contribution in [3.8, 4) is 0 Å². The number of aliphatic carboxylic acids is 1. The predicted octanol–water partition coefficient (Wildman–Crippen LogP) is 2.51. The second-order valence-corrected chi connectivity index (χ2v) is 4.69. The van der Waals surface area contributed by atoms with Gasteiger partial charge in [-0.1, -0.05) is 13.8 Å². The lowest BCUT2D eigenvalue weighted by Crippen LogP contribution is -2.30. The maximum Gasteiger partial charge on any atom is 0.309 e. The fourth-order valence-corrected chi connectivity index (χ4v) is 1.86. The zero-order valence-electron chi connectivity index (χ0n) is 11.2. The van der Waals surface area contributed by atoms with Crippen LogP contribution in [-0.4, -0.2) is 20.9 Å². The van der Waals surface area contributed by atoms with Crippen LogP contribution in [0.25, 0.3) is 0 Å². The molecular weight excluding hydrogens is 216 g/mol. The minimum absolute atomic E-state index is 0.541. The monoisotopic (exact) mass is 238 g/mol. The van der Waals surface area contributed by atoms with Crippen LogP contribution >= 0.6 is 0 Å². The van der Waals surface area contributed by atoms with Crippen LogP contribution in [0.4, 0.5) is 0 Å². The van der Waals surface area contributed by atoms with Crippen molar-refractivity contribution in [2.24, 2.45) is 5.41 Å². The summed E-state index contributed by atoms with van der Waals surface area (Å²) >= 11 is 0. The number of carbonyl (C=O) groups is 1. The van der Waals surface area contributed by atoms with Crippen molar-refractivity contribution in [1.29, 1.82) is 0 Å². The summed E-state index contributed by atoms with van der Waals surface area (Å²) in [6, 6.07) is 2.03. The molecule has 1 unspecified atom stereocenters. The minimum atomic E-state index is -0.734. The largest absolute Gasteiger partial charge is 0.481 e. The summed E-state index contributed by atoms with van der Waals surface area (Å²) in [5, 5.41) is 13.7. The molecule has 0 bridgehead atoms. The second-order valence-electron chi connectivity index (χ2n) is 4.69. The van der Waals surface area contributed by atoms with Gasteiger partial charge in [-0.25, -0.2) is 0 Å². The summed E-state index contributed by atoms with van der Waals surface area (Å²) in [6.45, 7) is 8.59. The van der Waals surface area contributed by atoms with Crippen molar-refractivity contribution in [1.82, 2.24) is 9.78 Å². The Balaban J connectivity index is 3.00. The Bertz CT molecular complexity index is 398. The number of hydrogen-bond acceptors (Lipinski definition) is 2. The van der Waals surface area contributed by atoms with Crippen LogP contribution in [0.3, 0.4) is 0 Å². The highest BCUT2D eigenvalue weighted by Crippen LogP contribution is 2.27. The standard InChI is InChI=1S/C13H22N2O2/c1-5-10-8-11(15(7-3)14-10)9-13(4,6-2)12(16)17/h8H,5-7,9H2,1-4H3,(H,16,17). The van der Waals surface area contributed by atoms with Crippen LogP contribution in [0.1, 0.15) is 45.5 Å². The molecule has 0 spiro atoms. The number of carboxylic acid groups (broad SMARTS) is 1. The predicted molar refractivity (Wildman–Crippen MR) is 67.0 cm³/mol. The quantitative estimate of drug-likeness (QED) is 0.828. The van der Waals surface area contributed by atoms with Crippen molar-refractivity contribution < 1.29 is 9.90 Å². The zero-order chi connectivity index (χ0) is 13.1. The molecule has 4 nitrogen and oxygen atoms in total. The number of aromatic nitrogens is 2. The normalized spacial score (nSPS) is 14.6. The number of hydrogen-bond donors (Lipinski definition) is 1. The minimum Gasteiger partial charge on any atom is -0.481 e. The summed E-state index contributed by atoms with van der Waals surface area (Å²) < 4.78 is 1.91. The van der Waals surface area contributed by atoms with Gasteiger partial charge >= 0.3 is 5.97 Å². The van der Waals surface area contributed by atoms with Crippen LogP contribution < -0.4 is 0 Å². The van der Waals surface area contributed by atoms with E-state index in [2.05, 4.69) is 12.0 Å². The van der Waals surface area contributed by atoms with Crippen LogP contribution in [0.15, 0.2) is 6.07 Å². The van der Waals surface area contributed by atoms with Crippen LogP contribution in [0.5, 0.6) is 0 Å². The fourth-order valence-electron chi connectivity index (χ4n) is 1.86. The van der Waals surface area contributed by atoms with E-state index in [9.17, 15) is 9.90 Å². The van der Waals surface area contributed by atoms with Gasteiger partial charge in [0.15, 0.2) is 0 Å². The van der Waals surface area contributed by atoms with E-state index >= 15 is 0 Å². The molecule has 1 aromatic heterocycles. The Morgan fingerprint density at radius 3 is 2.53 bits per heavy atom. The maximum atomic E-state index is 11.3. The molecule has 0 radical (unpaired) electrons. The Hall–Kier alpha value is -1.32. The highest BCUT2D eigenvalue weighted by Gasteiger charge is 2.32. The molecule has 0 amide bonds. The first kappa shape index (κ1) is 13.7. The van der Waals surface area contributed by atoms with Crippen molar-refractivity contribution in [2.45, 2.75) is 53.5 Å². The van der Waals surface area contributed by atoms with Crippen molar-refractivity contribution in [3.05, 3.63) is 17.5 Å². The molecule has 0 aliphatic rings. The Morgan fingerprint density at radius 2 is 2.12 bits per heavy atom. The van der Waals surface area contributed by atoms with Gasteiger partial charge in [-0.3, -0.25) is 9.48 Å². The molecule has 96 valence electrons. The summed E-state index contributed by atoms with van der Waals surface area (Å²) in [7, 11) is 0. The number of rotatable bonds is 6. The van der Waals surface area contributed by atoms with E-state index in [1.165, 1.54) is 0 Å². The van der Waals surface area contributed by atoms with Crippen molar-refractivity contribution in [3.63, 3.8) is 0 Å². The molecule has 1 N–H and O–H groups in total. The highest BCUT2D eigenvalue weighted by atomic mass is 16.4. The summed E-state index contributed by atoms with van der Waals surface area (Å²) in [4.78, 5) is 11.3. The van der Waals surface area contributed by atoms with Gasteiger partial charge in [-0.2, -0.15) is 5.10 Å². The van der Waals surface area contributed by atoms with E-state index in [4.69, 9.17) is 0 Å². The smallest absolute Gasteiger partial charge is 0.309 e. The molecule has 1 atom stereocenters. The van der Waals surface area contributed by atoms with Gasteiger partial charge < -0.3 is 5.11 Å². The van der Waals surface area contributed by atoms with Gasteiger partial charge in [-0.05, 0) is 32.8 Å². The lowest BCUT2D eigenvalue weighted by Gasteiger charge is -2.23. The zero-order valence-corrected chi connectivity index (χ0v) is 11.2. The average molecular weight is 238 g/mol. The van der Waals surface area contributed by atoms with Gasteiger partial charge in [-0.15, -0.1) is 0 Å². The molecular formula is C13H22N2O2. The lowest BCUT2D eigenvalue weighted by atomic mass is 9.83. The number of carboxylic acids is 1. The van der Waals surface area contributed by atoms with Gasteiger partial charge in [0.1, 0.15) is 0 Å². The molecule has 0 aliphatic carbocycles. The van der Waals surface area contributed by atoms with Crippen LogP contribution in [-0.2, 0) is 24.2 Å². The molecule has 0 saturated heterocycles. The van der Waals surface area contributed by atoms with Gasteiger partial charge in [0.05, 0.1) is 11.1 Å². The number of nitrogens with zero attached hydrogens (tertiary/aromatic N) is 2. The van der Waals surface area contributed by atoms with E-state index in [1.807, 2.05) is 24.6 Å². The summed E-state index contributed by atoms with van der Waals surface area (Å²) in [6.07, 6.45) is 2.05. The van der Waals surface area contributed by atoms with Gasteiger partial charge in [0.2, 0.25) is 0 Å². The van der Waals surface area contributed by atoms with E-state index in [1.54, 1.807) is 6.92 Å². The summed E-state index contributed by atoms with van der Waals surface area (Å²) in [5.74, 6) is -0.734. The van der Waals surface area contributed by atoms with Crippen molar-refractivity contribution >= 4 is 5.97 Å². The molecule has 1 heterocycles. The Kier molecular flexibility index (Phi) is 4.32. The molecule has 1 aromatic rings. The van der Waals surface area contributed by atoms with Crippen LogP contribution in [0, 0.1) is 5.41 Å². The topological polar surface area (TPSA) is 55.1 Å². The third-order valence-corrected chi connectivity index (χ3v) is 3.44. The van der Waals surface area contributed by atoms with Gasteiger partial charge in [0.25, 0.3) is 0 Å². The van der Waals surface area contributed by atoms with Crippen LogP contribution in [0.2, 0.25) is 0 Å². The molecule has 0 fully saturated rings. The molecule has 4 heteroatoms. The summed E-state index contributed by atoms with van der Waals surface area (Å²) in [5.41, 5.74) is 1.36.